The summed E-state index contributed by atoms with van der Waals surface area (Å²) in [6, 6.07) is 0. The molecule has 0 saturated heterocycles. The Bertz CT molecular complexity index is 234. The van der Waals surface area contributed by atoms with E-state index in [0.29, 0.717) is 0 Å². The van der Waals surface area contributed by atoms with Crippen molar-refractivity contribution in [2.24, 2.45) is 0 Å². The minimum absolute atomic E-state index is 0.0144. The Morgan fingerprint density at radius 2 is 1.93 bits per heavy atom. The van der Waals surface area contributed by atoms with Crippen LogP contribution in [0.25, 0.3) is 0 Å². The molecule has 0 unspecified atom stereocenters. The van der Waals surface area contributed by atoms with Crippen LogP contribution in [0.2, 0.25) is 0 Å². The number of carbonyl (C=O) groups is 1. The van der Waals surface area contributed by atoms with E-state index in [1.54, 1.807) is 0 Å². The highest BCUT2D eigenvalue weighted by Gasteiger charge is 2.52. The van der Waals surface area contributed by atoms with Crippen molar-refractivity contribution in [1.82, 2.24) is 0 Å². The quantitative estimate of drug-likeness (QED) is 0.342. The molecular formula is C7H7BrF4O2. The summed E-state index contributed by atoms with van der Waals surface area (Å²) in [4.78, 5) is 6.13. The molecule has 0 aliphatic heterocycles. The lowest BCUT2D eigenvalue weighted by Gasteiger charge is -2.17. The smallest absolute Gasteiger partial charge is 0.367 e. The van der Waals surface area contributed by atoms with Gasteiger partial charge in [0, 0.05) is 6.08 Å². The summed E-state index contributed by atoms with van der Waals surface area (Å²) < 4.78 is 53.3. The highest BCUT2D eigenvalue weighted by atomic mass is 79.9. The maximum absolute atomic E-state index is 12.4. The third-order valence-electron chi connectivity index (χ3n) is 1.09. The molecule has 82 valence electrons. The van der Waals surface area contributed by atoms with Gasteiger partial charge in [0.2, 0.25) is 0 Å². The van der Waals surface area contributed by atoms with E-state index in [1.165, 1.54) is 22.9 Å². The number of rotatable bonds is 4. The molecule has 0 spiro atoms. The van der Waals surface area contributed by atoms with Crippen molar-refractivity contribution < 1.29 is 27.1 Å². The van der Waals surface area contributed by atoms with Crippen LogP contribution in [0.15, 0.2) is 12.2 Å². The highest BCUT2D eigenvalue weighted by Crippen LogP contribution is 2.40. The summed E-state index contributed by atoms with van der Waals surface area (Å²) in [6.07, 6.45) is 0.0540. The Labute approximate surface area is 86.0 Å². The van der Waals surface area contributed by atoms with Gasteiger partial charge in [0.25, 0.3) is 0 Å². The van der Waals surface area contributed by atoms with Gasteiger partial charge < -0.3 is 4.74 Å². The Hall–Kier alpha value is -0.590. The van der Waals surface area contributed by atoms with Crippen LogP contribution in [-0.4, -0.2) is 23.3 Å². The Kier molecular flexibility index (Phi) is 4.57. The van der Waals surface area contributed by atoms with Crippen molar-refractivity contribution in [3.63, 3.8) is 0 Å². The molecule has 0 fully saturated rings. The molecule has 0 heterocycles. The molecule has 0 atom stereocenters. The van der Waals surface area contributed by atoms with Gasteiger partial charge >= 0.3 is 16.7 Å². The van der Waals surface area contributed by atoms with Gasteiger partial charge in [0.15, 0.2) is 0 Å². The molecule has 0 aromatic heterocycles. The van der Waals surface area contributed by atoms with Crippen LogP contribution in [0.5, 0.6) is 0 Å². The first-order valence-corrected chi connectivity index (χ1v) is 4.30. The summed E-state index contributed by atoms with van der Waals surface area (Å²) >= 11 is 1.50. The number of halogens is 5. The van der Waals surface area contributed by atoms with E-state index in [0.717, 1.165) is 0 Å². The summed E-state index contributed by atoms with van der Waals surface area (Å²) in [5, 5.41) is 0. The molecule has 2 nitrogen and oxygen atoms in total. The predicted molar refractivity (Wildman–Crippen MR) is 44.6 cm³/mol. The zero-order chi connectivity index (χ0) is 11.4. The average molecular weight is 279 g/mol. The molecule has 14 heavy (non-hydrogen) atoms. The highest BCUT2D eigenvalue weighted by molar-refractivity contribution is 9.10. The van der Waals surface area contributed by atoms with Crippen molar-refractivity contribution in [1.29, 1.82) is 0 Å². The van der Waals surface area contributed by atoms with E-state index >= 15 is 0 Å². The lowest BCUT2D eigenvalue weighted by molar-refractivity contribution is -0.138. The number of esters is 1. The van der Waals surface area contributed by atoms with E-state index in [9.17, 15) is 22.4 Å². The van der Waals surface area contributed by atoms with Crippen LogP contribution in [0, 0.1) is 0 Å². The van der Waals surface area contributed by atoms with Crippen molar-refractivity contribution in [3.05, 3.63) is 12.2 Å². The van der Waals surface area contributed by atoms with Gasteiger partial charge in [-0.05, 0) is 28.9 Å². The number of hydrogen-bond donors (Lipinski definition) is 0. The lowest BCUT2D eigenvalue weighted by atomic mass is 10.3. The first-order chi connectivity index (χ1) is 6.20. The molecule has 0 saturated carbocycles. The fourth-order valence-corrected chi connectivity index (χ4v) is 0.590. The van der Waals surface area contributed by atoms with Crippen molar-refractivity contribution in [2.75, 3.05) is 6.61 Å². The Balaban J connectivity index is 4.43. The third-order valence-corrected chi connectivity index (χ3v) is 1.62. The van der Waals surface area contributed by atoms with Crippen LogP contribution >= 0.6 is 15.9 Å². The van der Waals surface area contributed by atoms with Crippen molar-refractivity contribution in [2.45, 2.75) is 17.7 Å². The second kappa shape index (κ2) is 4.77. The van der Waals surface area contributed by atoms with Gasteiger partial charge in [-0.1, -0.05) is 0 Å². The Morgan fingerprint density at radius 1 is 1.43 bits per heavy atom. The van der Waals surface area contributed by atoms with Gasteiger partial charge in [0.05, 0.1) is 6.61 Å². The second-order valence-corrected chi connectivity index (χ2v) is 3.20. The lowest BCUT2D eigenvalue weighted by Crippen LogP contribution is -2.32. The molecule has 0 aromatic rings. The second-order valence-electron chi connectivity index (χ2n) is 2.21. The topological polar surface area (TPSA) is 26.3 Å². The van der Waals surface area contributed by atoms with Crippen LogP contribution in [-0.2, 0) is 9.53 Å². The molecule has 0 aliphatic carbocycles. The number of carbonyl (C=O) groups excluding carboxylic acids is 1. The maximum atomic E-state index is 12.4. The Morgan fingerprint density at radius 3 is 2.29 bits per heavy atom. The number of ether oxygens (including phenoxy) is 1. The average Bonchev–Trinajstić information content (AvgIpc) is 1.99. The first-order valence-electron chi connectivity index (χ1n) is 3.51. The summed E-state index contributed by atoms with van der Waals surface area (Å²) in [6.45, 7) is 1.45. The zero-order valence-electron chi connectivity index (χ0n) is 7.07. The molecule has 0 radical (unpaired) electrons. The third kappa shape index (κ3) is 4.08. The van der Waals surface area contributed by atoms with E-state index < -0.39 is 16.7 Å². The molecule has 0 aromatic carbocycles. The normalized spacial score (nSPS) is 13.3. The SMILES string of the molecule is CCOC(=O)C=CC(F)(F)C(F)(F)Br. The van der Waals surface area contributed by atoms with E-state index in [1.807, 2.05) is 0 Å². The molecular weight excluding hydrogens is 272 g/mol. The van der Waals surface area contributed by atoms with Gasteiger partial charge in [-0.25, -0.2) is 4.79 Å². The molecule has 0 N–H and O–H groups in total. The largest absolute Gasteiger partial charge is 0.463 e. The van der Waals surface area contributed by atoms with Crippen LogP contribution < -0.4 is 0 Å². The number of alkyl halides is 5. The van der Waals surface area contributed by atoms with E-state index in [2.05, 4.69) is 4.74 Å². The molecule has 0 amide bonds. The summed E-state index contributed by atoms with van der Waals surface area (Å²) in [7, 11) is 0. The number of allylic oxidation sites excluding steroid dienone is 1. The van der Waals surface area contributed by atoms with Crippen LogP contribution in [0.4, 0.5) is 17.6 Å². The molecule has 0 rings (SSSR count). The summed E-state index contributed by atoms with van der Waals surface area (Å²) in [5.74, 6) is -5.52. The zero-order valence-corrected chi connectivity index (χ0v) is 8.65. The predicted octanol–water partition coefficient (Wildman–Crippen LogP) is 2.73. The maximum Gasteiger partial charge on any atom is 0.367 e. The monoisotopic (exact) mass is 278 g/mol. The fraction of sp³-hybridized carbons (Fsp3) is 0.571. The van der Waals surface area contributed by atoms with Crippen LogP contribution in [0.1, 0.15) is 6.92 Å². The standard InChI is InChI=1S/C7H7BrF4O2/c1-2-14-5(13)3-4-6(9,10)7(8,11)12/h3-4H,2H2,1H3. The van der Waals surface area contributed by atoms with Gasteiger partial charge in [-0.3, -0.25) is 0 Å². The van der Waals surface area contributed by atoms with Gasteiger partial charge in [-0.2, -0.15) is 17.6 Å². The van der Waals surface area contributed by atoms with E-state index in [4.69, 9.17) is 0 Å². The van der Waals surface area contributed by atoms with E-state index in [-0.39, 0.29) is 18.8 Å². The first kappa shape index (κ1) is 13.4. The fourth-order valence-electron chi connectivity index (χ4n) is 0.458. The molecule has 7 heteroatoms. The number of hydrogen-bond acceptors (Lipinski definition) is 2. The van der Waals surface area contributed by atoms with Crippen molar-refractivity contribution >= 4 is 21.9 Å². The van der Waals surface area contributed by atoms with Gasteiger partial charge in [0.1, 0.15) is 0 Å². The van der Waals surface area contributed by atoms with Crippen LogP contribution in [0.3, 0.4) is 0 Å². The molecule has 0 aliphatic rings. The minimum Gasteiger partial charge on any atom is -0.463 e. The molecule has 0 bridgehead atoms. The van der Waals surface area contributed by atoms with Crippen molar-refractivity contribution in [3.8, 4) is 0 Å². The minimum atomic E-state index is -4.43. The van der Waals surface area contributed by atoms with Gasteiger partial charge in [-0.15, -0.1) is 0 Å². The summed E-state index contributed by atoms with van der Waals surface area (Å²) in [5.41, 5.74) is 0.